The number of phosphoric acid groups is 5. The van der Waals surface area contributed by atoms with Gasteiger partial charge in [-0.2, -0.15) is 0 Å². The van der Waals surface area contributed by atoms with Gasteiger partial charge in [-0.15, -0.1) is 0 Å². The summed E-state index contributed by atoms with van der Waals surface area (Å²) in [4.78, 5) is 225. The molecule has 0 aliphatic carbocycles. The second kappa shape index (κ2) is 43.4. The first-order valence-electron chi connectivity index (χ1n) is 43.1. The molecule has 15 rings (SSSR count). The summed E-state index contributed by atoms with van der Waals surface area (Å²) < 4.78 is 187. The summed E-state index contributed by atoms with van der Waals surface area (Å²) in [7, 11) is -28.0. The van der Waals surface area contributed by atoms with E-state index >= 15 is 0 Å². The van der Waals surface area contributed by atoms with Crippen LogP contribution in [0.3, 0.4) is 0 Å². The van der Waals surface area contributed by atoms with E-state index in [1.54, 1.807) is 18.2 Å². The van der Waals surface area contributed by atoms with Crippen LogP contribution in [0.15, 0.2) is 174 Å². The number of nitrogens with zero attached hydrogens (tertiary/aromatic N) is 6. The summed E-state index contributed by atoms with van der Waals surface area (Å²) in [5.41, 5.74) is -8.64. The van der Waals surface area contributed by atoms with Crippen molar-refractivity contribution in [1.29, 1.82) is 0 Å². The van der Waals surface area contributed by atoms with Gasteiger partial charge in [-0.1, -0.05) is 66.7 Å². The van der Waals surface area contributed by atoms with Crippen LogP contribution in [0.4, 0.5) is 0 Å². The molecule has 0 radical (unpaired) electrons. The number of nitrogens with one attached hydrogen (secondary N) is 6. The Morgan fingerprint density at radius 1 is 0.300 bits per heavy atom. The quantitative estimate of drug-likeness (QED) is 0.0244. The fourth-order valence-electron chi connectivity index (χ4n) is 16.0. The van der Waals surface area contributed by atoms with Crippen LogP contribution in [-0.2, 0) is 121 Å². The van der Waals surface area contributed by atoms with Crippen molar-refractivity contribution in [3.05, 3.63) is 291 Å². The Labute approximate surface area is 786 Å². The van der Waals surface area contributed by atoms with E-state index in [0.29, 0.717) is 17.1 Å². The van der Waals surface area contributed by atoms with E-state index in [0.717, 1.165) is 63.3 Å². The van der Waals surface area contributed by atoms with Crippen molar-refractivity contribution in [2.45, 2.75) is 211 Å². The van der Waals surface area contributed by atoms with Crippen LogP contribution in [0, 0.1) is 41.5 Å². The lowest BCUT2D eigenvalue weighted by molar-refractivity contribution is -0.0716. The molecule has 12 N–H and O–H groups in total. The van der Waals surface area contributed by atoms with Crippen LogP contribution in [0.25, 0.3) is 0 Å². The van der Waals surface area contributed by atoms with Crippen molar-refractivity contribution in [3.8, 4) is 11.5 Å². The van der Waals surface area contributed by atoms with E-state index in [2.05, 4.69) is 29.9 Å². The van der Waals surface area contributed by atoms with Crippen molar-refractivity contribution in [2.24, 2.45) is 0 Å². The topological polar surface area (TPSA) is 711 Å². The van der Waals surface area contributed by atoms with Gasteiger partial charge >= 0.3 is 73.3 Å². The normalized spacial score (nSPS) is 26.9. The Balaban J connectivity index is 0.627. The molecular weight excluding hydrogens is 1970 g/mol. The number of aryl methyl sites for hydroxylation is 6. The Bertz CT molecular complexity index is 7100. The number of phosphoric ester groups is 5. The second-order valence-corrected chi connectivity index (χ2v) is 40.5. The van der Waals surface area contributed by atoms with E-state index in [1.807, 2.05) is 60.7 Å². The van der Waals surface area contributed by atoms with Crippen molar-refractivity contribution >= 4 is 39.1 Å². The highest BCUT2D eigenvalue weighted by atomic mass is 31.2. The van der Waals surface area contributed by atoms with Gasteiger partial charge in [0, 0.05) is 109 Å². The van der Waals surface area contributed by atoms with Crippen molar-refractivity contribution in [3.63, 3.8) is 0 Å². The molecule has 54 nitrogen and oxygen atoms in total. The maximum absolute atomic E-state index is 14.5. The third-order valence-electron chi connectivity index (χ3n) is 23.2. The van der Waals surface area contributed by atoms with Crippen LogP contribution >= 0.6 is 39.1 Å². The summed E-state index contributed by atoms with van der Waals surface area (Å²) >= 11 is 0. The van der Waals surface area contributed by atoms with Gasteiger partial charge in [0.1, 0.15) is 118 Å². The van der Waals surface area contributed by atoms with Gasteiger partial charge in [-0.05, 0) is 70.4 Å². The minimum atomic E-state index is -5.75. The first-order valence-corrected chi connectivity index (χ1v) is 50.6. The average molecular weight is 2070 g/mol. The zero-order valence-corrected chi connectivity index (χ0v) is 79.2. The second-order valence-electron chi connectivity index (χ2n) is 33.5. The third-order valence-corrected chi connectivity index (χ3v) is 28.3. The maximum Gasteiger partial charge on any atom is 0.472 e. The SMILES string of the molecule is Cc1cn([C@H]2C[C@H](OP(=O)(O)OC[C@H]3O[C@@H](n4cc(C)c(=O)[nH]c4=O)C[C@@H]3OP(=O)(O)OC[C@H]3O[C@@H](n4cc(C)c(=O)[nH]c4=O)C[C@@H]3OP(=O)(O)OC[C@H]3O[C@@H](n4cc(C)c(=O)[nH]c4=O)C[C@@H]3OP(=O)(O)OC[C@H]3O[C@@H](n4cc(C)c(=O)[nH]c4=O)C[C@@H]3OP(=O)(O)OC[C@H]3O[C@@H](n4cc(C)c(=O)[nH]c4=O)C[C@@H]3O)[C@@H](COCc3ccc(OCc4ccccc4)c(OCc4ccccc4)c3)O2)c(=O)[nH]c1=O. The molecule has 758 valence electrons. The molecule has 3 aromatic carbocycles. The molecule has 12 heterocycles. The van der Waals surface area contributed by atoms with E-state index in [-0.39, 0.29) is 66.0 Å². The molecule has 5 unspecified atom stereocenters. The highest BCUT2D eigenvalue weighted by Gasteiger charge is 2.52. The zero-order valence-electron chi connectivity index (χ0n) is 74.8. The molecule has 140 heavy (non-hydrogen) atoms. The van der Waals surface area contributed by atoms with Gasteiger partial charge < -0.3 is 72.2 Å². The first-order chi connectivity index (χ1) is 66.2. The summed E-state index contributed by atoms with van der Waals surface area (Å²) in [6, 6.07) is 23.8. The van der Waals surface area contributed by atoms with E-state index in [4.69, 9.17) is 87.9 Å². The molecule has 0 spiro atoms. The van der Waals surface area contributed by atoms with Crippen molar-refractivity contribution in [2.75, 3.05) is 39.6 Å². The Morgan fingerprint density at radius 2 is 0.536 bits per heavy atom. The van der Waals surface area contributed by atoms with Crippen LogP contribution in [0.1, 0.15) is 126 Å². The number of aliphatic hydroxyl groups excluding tert-OH is 1. The number of aromatic nitrogens is 12. The number of hydrogen-bond donors (Lipinski definition) is 12. The van der Waals surface area contributed by atoms with E-state index in [9.17, 15) is 110 Å². The minimum absolute atomic E-state index is 0.0301. The summed E-state index contributed by atoms with van der Waals surface area (Å²) in [6.45, 7) is 2.31. The number of aromatic amines is 6. The van der Waals surface area contributed by atoms with Gasteiger partial charge in [0.2, 0.25) is 0 Å². The lowest BCUT2D eigenvalue weighted by Crippen LogP contribution is -2.33. The van der Waals surface area contributed by atoms with Gasteiger partial charge in [0.15, 0.2) is 11.5 Å². The summed E-state index contributed by atoms with van der Waals surface area (Å²) in [5, 5.41) is 10.9. The number of benzene rings is 3. The minimum Gasteiger partial charge on any atom is -0.485 e. The van der Waals surface area contributed by atoms with Crippen molar-refractivity contribution < 1.29 is 140 Å². The Kier molecular flexibility index (Phi) is 32.2. The predicted molar refractivity (Wildman–Crippen MR) is 474 cm³/mol. The van der Waals surface area contributed by atoms with E-state index in [1.165, 1.54) is 53.9 Å². The molecule has 0 bridgehead atoms. The van der Waals surface area contributed by atoms with Gasteiger partial charge in [-0.25, -0.2) is 51.6 Å². The molecule has 9 aromatic rings. The smallest absolute Gasteiger partial charge is 0.472 e. The molecule has 0 saturated carbocycles. The van der Waals surface area contributed by atoms with Gasteiger partial charge in [0.25, 0.3) is 33.4 Å². The molecule has 6 aromatic heterocycles. The lowest BCUT2D eigenvalue weighted by Gasteiger charge is -2.26. The fourth-order valence-corrected chi connectivity index (χ4v) is 20.8. The number of aliphatic hydroxyl groups is 1. The molecule has 59 heteroatoms. The highest BCUT2D eigenvalue weighted by Crippen LogP contribution is 2.56. The largest absolute Gasteiger partial charge is 0.485 e. The van der Waals surface area contributed by atoms with Crippen LogP contribution in [-0.4, -0.2) is 200 Å². The molecule has 6 saturated heterocycles. The van der Waals surface area contributed by atoms with Crippen molar-refractivity contribution in [1.82, 2.24) is 57.3 Å². The predicted octanol–water partition coefficient (Wildman–Crippen LogP) is 2.11. The van der Waals surface area contributed by atoms with Gasteiger partial charge in [-0.3, -0.25) is 131 Å². The number of rotatable bonds is 41. The Hall–Kier alpha value is -10.4. The van der Waals surface area contributed by atoms with Crippen LogP contribution in [0.5, 0.6) is 11.5 Å². The first kappa shape index (κ1) is 104. The van der Waals surface area contributed by atoms with Crippen LogP contribution in [0.2, 0.25) is 0 Å². The summed E-state index contributed by atoms with van der Waals surface area (Å²) in [6.07, 6.45) is -25.7. The lowest BCUT2D eigenvalue weighted by atomic mass is 10.2. The molecule has 6 aliphatic heterocycles. The third kappa shape index (κ3) is 25.8. The van der Waals surface area contributed by atoms with Crippen LogP contribution < -0.4 is 77.0 Å². The monoisotopic (exact) mass is 2060 g/mol. The Morgan fingerprint density at radius 3 is 0.807 bits per heavy atom. The number of H-pyrrole nitrogens is 6. The molecule has 23 atom stereocenters. The summed E-state index contributed by atoms with van der Waals surface area (Å²) in [5.74, 6) is 0.768. The number of ether oxygens (including phenoxy) is 9. The highest BCUT2D eigenvalue weighted by molar-refractivity contribution is 7.48. The average Bonchev–Trinajstić information content (AvgIpc) is 1.65. The van der Waals surface area contributed by atoms with E-state index < -0.39 is 283 Å². The fraction of sp³-hybridized carbons (Fsp3) is 0.481. The molecule has 6 fully saturated rings. The zero-order chi connectivity index (χ0) is 100. The number of hydrogen-bond acceptors (Lipinski definition) is 37. The molecule has 6 aliphatic rings. The van der Waals surface area contributed by atoms with Gasteiger partial charge in [0.05, 0.1) is 52.4 Å². The standard InChI is InChI=1S/C81H97N12O42P5/c1-41-26-88(76(101)82-70(41)95)64-20-50(94)58(125-64)36-120-136(107,108)132-54-22-66(90-28-43(3)72(97)84-78(90)103)127-60(54)38-122-138(111,112)134-56-24-68(92-30-45(5)74(99)86-80(92)105)129-62(56)40-124-140(115,116)135-57-25-69(93-31-46(6)75(100)87-81(93)106)130-63(57)39-123-139(113,114)133-55-23-67(91-29-44(4)73(98)85-79(91)104)128-61(55)37-121-137(109,110)131-53-21-65(89-27-42(2)71(96)83-77(89)102)126-59(53)35-117-32-49-17-18-51(118-33-47-13-9-7-10-14-47)52(19-49)119-34-48-15-11-8-12-16-48/h7-19,26-31,50,53-69,94H,20-25,32-40H2,1-6H3,(H,107,108)(H,109,110)(H,111,112)(H,113,114)(H,115,116)(H,82,95,101)(H,83,96,102)(H,84,97,103)(H,85,98,104)(H,86,99,105)(H,87,100,106)/t50-,53-,54-,55-,56-,57-,58+,59+,60+,61+,62+,63+,64+,65+,66+,67+,68+,69+/m0/s1. The molecular formula is C81H97N12O42P5. The maximum atomic E-state index is 14.5. The molecule has 0 amide bonds.